The second kappa shape index (κ2) is 10.8. The molecule has 216 valence electrons. The van der Waals surface area contributed by atoms with E-state index in [-0.39, 0.29) is 17.8 Å². The average molecular weight is 579 g/mol. The summed E-state index contributed by atoms with van der Waals surface area (Å²) in [6, 6.07) is 37.6. The molecule has 0 spiro atoms. The molecule has 0 amide bonds. The Morgan fingerprint density at radius 3 is 1.98 bits per heavy atom. The summed E-state index contributed by atoms with van der Waals surface area (Å²) in [6.07, 6.45) is 0.937. The maximum absolute atomic E-state index is 12.2. The molecule has 5 aromatic carbocycles. The topological polar surface area (TPSA) is 83.6 Å². The van der Waals surface area contributed by atoms with E-state index >= 15 is 0 Å². The zero-order chi connectivity index (χ0) is 29.6. The fraction of sp³-hybridized carbons (Fsp3) is 0.158. The number of aliphatic imine (C=N–C) groups is 2. The number of phenolic OH excluding ortho intramolecular Hbond substituents is 1. The predicted octanol–water partition coefficient (Wildman–Crippen LogP) is 7.12. The highest BCUT2D eigenvalue weighted by Gasteiger charge is 2.39. The van der Waals surface area contributed by atoms with E-state index in [2.05, 4.69) is 0 Å². The fourth-order valence-corrected chi connectivity index (χ4v) is 6.62. The average Bonchev–Trinajstić information content (AvgIpc) is 3.77. The summed E-state index contributed by atoms with van der Waals surface area (Å²) in [6.45, 7) is 0.793. The number of rotatable bonds is 5. The highest BCUT2D eigenvalue weighted by Crippen LogP contribution is 2.47. The number of aliphatic hydroxyl groups is 1. The van der Waals surface area contributed by atoms with Crippen molar-refractivity contribution < 1.29 is 19.7 Å². The summed E-state index contributed by atoms with van der Waals surface area (Å²) in [5.74, 6) is 0.282. The highest BCUT2D eigenvalue weighted by atomic mass is 16.5. The van der Waals surface area contributed by atoms with Gasteiger partial charge in [0.2, 0.25) is 11.8 Å². The summed E-state index contributed by atoms with van der Waals surface area (Å²) in [5.41, 5.74) is 5.71. The summed E-state index contributed by atoms with van der Waals surface area (Å²) in [4.78, 5) is 9.78. The first-order valence-electron chi connectivity index (χ1n) is 14.9. The van der Waals surface area contributed by atoms with Crippen LogP contribution in [0.15, 0.2) is 131 Å². The van der Waals surface area contributed by atoms with Crippen molar-refractivity contribution in [3.63, 3.8) is 0 Å². The Balaban J connectivity index is 1.26. The Labute approximate surface area is 255 Å². The Morgan fingerprint density at radius 2 is 1.25 bits per heavy atom. The van der Waals surface area contributed by atoms with Crippen molar-refractivity contribution in [2.45, 2.75) is 24.1 Å². The van der Waals surface area contributed by atoms with E-state index in [0.29, 0.717) is 41.7 Å². The largest absolute Gasteiger partial charge is 0.507 e. The molecule has 44 heavy (non-hydrogen) atoms. The Morgan fingerprint density at radius 1 is 0.659 bits per heavy atom. The standard InChI is InChI=1S/C38H30N2O4/c41-35-29(37-39-31(21-43-37)23-11-3-1-4-12-23)19-25-15-7-9-17-27(25)33(35)34-28-18-10-8-16-26(28)20-30(36(34)42)38-40-32(22-44-38)24-13-5-2-6-14-24/h1-20,31-33,35,41-42H,21-22H2/t31-,32-,33?,35?/m0/s1. The number of ether oxygens (including phenoxy) is 2. The normalized spacial score (nSPS) is 22.4. The maximum atomic E-state index is 12.2. The Bertz CT molecular complexity index is 1970. The fourth-order valence-electron chi connectivity index (χ4n) is 6.62. The van der Waals surface area contributed by atoms with Crippen LogP contribution >= 0.6 is 0 Å². The maximum Gasteiger partial charge on any atom is 0.220 e. The Hall–Kier alpha value is -5.20. The highest BCUT2D eigenvalue weighted by molar-refractivity contribution is 6.05. The van der Waals surface area contributed by atoms with Crippen LogP contribution in [0.4, 0.5) is 0 Å². The number of hydrogen-bond acceptors (Lipinski definition) is 6. The van der Waals surface area contributed by atoms with Crippen LogP contribution in [0.25, 0.3) is 16.8 Å². The molecule has 0 aromatic heterocycles. The van der Waals surface area contributed by atoms with Crippen molar-refractivity contribution >= 4 is 28.6 Å². The van der Waals surface area contributed by atoms with Gasteiger partial charge in [0.05, 0.1) is 11.7 Å². The van der Waals surface area contributed by atoms with Gasteiger partial charge in [0.1, 0.15) is 31.0 Å². The number of aliphatic hydroxyl groups excluding tert-OH is 1. The first-order chi connectivity index (χ1) is 21.7. The van der Waals surface area contributed by atoms with Gasteiger partial charge in [0.25, 0.3) is 0 Å². The molecule has 0 bridgehead atoms. The van der Waals surface area contributed by atoms with Gasteiger partial charge in [-0.2, -0.15) is 0 Å². The van der Waals surface area contributed by atoms with Crippen molar-refractivity contribution in [3.8, 4) is 5.75 Å². The lowest BCUT2D eigenvalue weighted by molar-refractivity contribution is 0.191. The molecule has 2 heterocycles. The Kier molecular flexibility index (Phi) is 6.50. The summed E-state index contributed by atoms with van der Waals surface area (Å²) < 4.78 is 12.2. The van der Waals surface area contributed by atoms with E-state index in [4.69, 9.17) is 19.5 Å². The first-order valence-corrected chi connectivity index (χ1v) is 14.9. The molecule has 3 aliphatic rings. The minimum Gasteiger partial charge on any atom is -0.507 e. The number of phenols is 1. The minimum absolute atomic E-state index is 0.0488. The van der Waals surface area contributed by atoms with Crippen LogP contribution < -0.4 is 0 Å². The number of hydrogen-bond donors (Lipinski definition) is 2. The number of fused-ring (bicyclic) bond motifs is 2. The van der Waals surface area contributed by atoms with Gasteiger partial charge in [-0.15, -0.1) is 0 Å². The molecule has 1 aliphatic carbocycles. The van der Waals surface area contributed by atoms with E-state index in [0.717, 1.165) is 33.0 Å². The van der Waals surface area contributed by atoms with E-state index in [1.807, 2.05) is 121 Å². The summed E-state index contributed by atoms with van der Waals surface area (Å²) in [5, 5.41) is 26.0. The molecular formula is C38H30N2O4. The van der Waals surface area contributed by atoms with Crippen molar-refractivity contribution in [2.75, 3.05) is 13.2 Å². The van der Waals surface area contributed by atoms with Gasteiger partial charge in [-0.3, -0.25) is 0 Å². The van der Waals surface area contributed by atoms with Crippen LogP contribution in [0.3, 0.4) is 0 Å². The van der Waals surface area contributed by atoms with Gasteiger partial charge in [-0.1, -0.05) is 109 Å². The summed E-state index contributed by atoms with van der Waals surface area (Å²) >= 11 is 0. The minimum atomic E-state index is -1.02. The second-order valence-electron chi connectivity index (χ2n) is 11.4. The third-order valence-electron chi connectivity index (χ3n) is 8.80. The van der Waals surface area contributed by atoms with Crippen LogP contribution in [0.1, 0.15) is 51.4 Å². The lowest BCUT2D eigenvalue weighted by atomic mass is 9.74. The predicted molar refractivity (Wildman–Crippen MR) is 172 cm³/mol. The lowest BCUT2D eigenvalue weighted by Gasteiger charge is -2.32. The number of aromatic hydroxyl groups is 1. The van der Waals surface area contributed by atoms with Gasteiger partial charge in [0.15, 0.2) is 0 Å². The van der Waals surface area contributed by atoms with Crippen molar-refractivity contribution in [1.82, 2.24) is 0 Å². The van der Waals surface area contributed by atoms with Gasteiger partial charge in [0, 0.05) is 17.1 Å². The SMILES string of the molecule is Oc1c(C2=N[C@H](c3ccccc3)CO2)cc2ccccc2c1C1c2ccccc2C=C(C2=N[C@H](c3ccccc3)CO2)C1O. The molecule has 4 atom stereocenters. The summed E-state index contributed by atoms with van der Waals surface area (Å²) in [7, 11) is 0. The van der Waals surface area contributed by atoms with Crippen molar-refractivity contribution in [1.29, 1.82) is 0 Å². The van der Waals surface area contributed by atoms with Gasteiger partial charge < -0.3 is 19.7 Å². The van der Waals surface area contributed by atoms with Crippen LogP contribution in [0.2, 0.25) is 0 Å². The van der Waals surface area contributed by atoms with E-state index in [1.165, 1.54) is 0 Å². The molecule has 6 heteroatoms. The van der Waals surface area contributed by atoms with E-state index < -0.39 is 12.0 Å². The molecular weight excluding hydrogens is 548 g/mol. The zero-order valence-corrected chi connectivity index (χ0v) is 23.9. The van der Waals surface area contributed by atoms with Crippen molar-refractivity contribution in [2.24, 2.45) is 9.98 Å². The molecule has 0 saturated carbocycles. The molecule has 0 saturated heterocycles. The van der Waals surface area contributed by atoms with Gasteiger partial charge >= 0.3 is 0 Å². The monoisotopic (exact) mass is 578 g/mol. The zero-order valence-electron chi connectivity index (χ0n) is 23.9. The molecule has 0 fully saturated rings. The third-order valence-corrected chi connectivity index (χ3v) is 8.80. The van der Waals surface area contributed by atoms with E-state index in [9.17, 15) is 10.2 Å². The quantitative estimate of drug-likeness (QED) is 0.233. The molecule has 2 N–H and O–H groups in total. The smallest absolute Gasteiger partial charge is 0.220 e. The third kappa shape index (κ3) is 4.46. The van der Waals surface area contributed by atoms with Crippen LogP contribution in [0, 0.1) is 0 Å². The second-order valence-corrected chi connectivity index (χ2v) is 11.4. The van der Waals surface area contributed by atoms with Crippen LogP contribution in [0.5, 0.6) is 5.75 Å². The van der Waals surface area contributed by atoms with Crippen molar-refractivity contribution in [3.05, 3.63) is 154 Å². The molecule has 2 unspecified atom stereocenters. The van der Waals surface area contributed by atoms with Gasteiger partial charge in [-0.25, -0.2) is 9.98 Å². The van der Waals surface area contributed by atoms with Gasteiger partial charge in [-0.05, 0) is 45.2 Å². The van der Waals surface area contributed by atoms with E-state index in [1.54, 1.807) is 0 Å². The molecule has 5 aromatic rings. The molecule has 6 nitrogen and oxygen atoms in total. The van der Waals surface area contributed by atoms with Crippen LogP contribution in [-0.2, 0) is 9.47 Å². The number of nitrogens with zero attached hydrogens (tertiary/aromatic N) is 2. The van der Waals surface area contributed by atoms with Crippen LogP contribution in [-0.4, -0.2) is 41.3 Å². The first kappa shape index (κ1) is 26.4. The molecule has 0 radical (unpaired) electrons. The number of benzene rings is 5. The lowest BCUT2D eigenvalue weighted by Crippen LogP contribution is -2.30. The molecule has 8 rings (SSSR count). The molecule has 2 aliphatic heterocycles.